The molecule has 5 heteroatoms. The highest BCUT2D eigenvalue weighted by atomic mass is 16.3. The van der Waals surface area contributed by atoms with Crippen LogP contribution in [0.4, 0.5) is 0 Å². The number of carbonyl (C=O) groups is 1. The summed E-state index contributed by atoms with van der Waals surface area (Å²) >= 11 is 0. The van der Waals surface area contributed by atoms with Crippen molar-refractivity contribution >= 4 is 5.91 Å². The number of fused-ring (bicyclic) bond motifs is 2. The van der Waals surface area contributed by atoms with Crippen LogP contribution in [0.1, 0.15) is 26.2 Å². The van der Waals surface area contributed by atoms with Gasteiger partial charge in [-0.1, -0.05) is 0 Å². The molecule has 5 atom stereocenters. The lowest BCUT2D eigenvalue weighted by atomic mass is 9.84. The second-order valence-electron chi connectivity index (χ2n) is 6.89. The van der Waals surface area contributed by atoms with Crippen LogP contribution < -0.4 is 11.1 Å². The van der Waals surface area contributed by atoms with Crippen molar-refractivity contribution in [3.05, 3.63) is 0 Å². The first kappa shape index (κ1) is 14.8. The van der Waals surface area contributed by atoms with Crippen molar-refractivity contribution in [2.24, 2.45) is 23.5 Å². The first-order valence-electron chi connectivity index (χ1n) is 7.20. The third kappa shape index (κ3) is 3.27. The first-order valence-corrected chi connectivity index (χ1v) is 7.20. The van der Waals surface area contributed by atoms with Crippen LogP contribution in [0.25, 0.3) is 0 Å². The normalized spacial score (nSPS) is 36.5. The van der Waals surface area contributed by atoms with Crippen molar-refractivity contribution in [2.45, 2.75) is 37.8 Å². The zero-order valence-corrected chi connectivity index (χ0v) is 12.2. The van der Waals surface area contributed by atoms with E-state index in [0.717, 1.165) is 12.8 Å². The van der Waals surface area contributed by atoms with E-state index in [1.165, 1.54) is 6.42 Å². The molecule has 0 aliphatic heterocycles. The van der Waals surface area contributed by atoms with Gasteiger partial charge < -0.3 is 21.1 Å². The summed E-state index contributed by atoms with van der Waals surface area (Å²) in [5.74, 6) is 0.967. The van der Waals surface area contributed by atoms with Crippen LogP contribution in [-0.2, 0) is 4.79 Å². The van der Waals surface area contributed by atoms with Gasteiger partial charge in [0.2, 0.25) is 5.91 Å². The minimum atomic E-state index is -0.902. The van der Waals surface area contributed by atoms with Gasteiger partial charge in [0.05, 0.1) is 11.5 Å². The summed E-state index contributed by atoms with van der Waals surface area (Å²) in [6.45, 7) is 2.55. The second kappa shape index (κ2) is 5.38. The number of rotatable bonds is 5. The molecular weight excluding hydrogens is 242 g/mol. The van der Waals surface area contributed by atoms with E-state index in [-0.39, 0.29) is 24.4 Å². The Balaban J connectivity index is 1.85. The number of amides is 1. The molecule has 1 amide bonds. The molecule has 4 N–H and O–H groups in total. The molecule has 2 aliphatic carbocycles. The highest BCUT2D eigenvalue weighted by Crippen LogP contribution is 2.47. The molecule has 5 unspecified atom stereocenters. The fourth-order valence-electron chi connectivity index (χ4n) is 3.86. The van der Waals surface area contributed by atoms with E-state index in [4.69, 9.17) is 5.73 Å². The molecule has 2 saturated carbocycles. The molecule has 2 rings (SSSR count). The number of nitrogens with one attached hydrogen (secondary N) is 1. The summed E-state index contributed by atoms with van der Waals surface area (Å²) < 4.78 is 0. The number of aliphatic hydroxyl groups is 1. The largest absolute Gasteiger partial charge is 0.387 e. The van der Waals surface area contributed by atoms with Gasteiger partial charge in [0, 0.05) is 19.1 Å². The molecular formula is C14H27N3O2. The molecule has 0 aromatic heterocycles. The van der Waals surface area contributed by atoms with Crippen molar-refractivity contribution in [2.75, 3.05) is 27.2 Å². The Morgan fingerprint density at radius 1 is 1.42 bits per heavy atom. The van der Waals surface area contributed by atoms with Crippen LogP contribution in [0.5, 0.6) is 0 Å². The highest BCUT2D eigenvalue weighted by Gasteiger charge is 2.49. The monoisotopic (exact) mass is 269 g/mol. The van der Waals surface area contributed by atoms with Gasteiger partial charge in [0.25, 0.3) is 0 Å². The Morgan fingerprint density at radius 3 is 2.58 bits per heavy atom. The quantitative estimate of drug-likeness (QED) is 0.645. The predicted molar refractivity (Wildman–Crippen MR) is 74.5 cm³/mol. The highest BCUT2D eigenvalue weighted by molar-refractivity contribution is 5.80. The van der Waals surface area contributed by atoms with Gasteiger partial charge in [0.15, 0.2) is 0 Å². The summed E-state index contributed by atoms with van der Waals surface area (Å²) in [4.78, 5) is 14.2. The molecule has 19 heavy (non-hydrogen) atoms. The maximum atomic E-state index is 12.3. The van der Waals surface area contributed by atoms with Crippen LogP contribution in [0.2, 0.25) is 0 Å². The average molecular weight is 269 g/mol. The molecule has 0 heterocycles. The molecule has 5 nitrogen and oxygen atoms in total. The molecule has 2 fully saturated rings. The van der Waals surface area contributed by atoms with E-state index >= 15 is 0 Å². The van der Waals surface area contributed by atoms with Crippen LogP contribution in [0, 0.1) is 17.8 Å². The molecule has 2 aliphatic rings. The number of hydrogen-bond acceptors (Lipinski definition) is 4. The third-order valence-corrected chi connectivity index (χ3v) is 4.58. The summed E-state index contributed by atoms with van der Waals surface area (Å²) in [7, 11) is 3.81. The van der Waals surface area contributed by atoms with E-state index in [9.17, 15) is 9.90 Å². The van der Waals surface area contributed by atoms with E-state index in [0.29, 0.717) is 18.4 Å². The first-order chi connectivity index (χ1) is 8.80. The Labute approximate surface area is 115 Å². The summed E-state index contributed by atoms with van der Waals surface area (Å²) in [6.07, 6.45) is 3.41. The van der Waals surface area contributed by atoms with Gasteiger partial charge in [0.1, 0.15) is 0 Å². The Hall–Kier alpha value is -0.650. The van der Waals surface area contributed by atoms with Gasteiger partial charge >= 0.3 is 0 Å². The number of carbonyl (C=O) groups excluding carboxylic acids is 1. The molecule has 0 radical (unpaired) electrons. The minimum Gasteiger partial charge on any atom is -0.387 e. The topological polar surface area (TPSA) is 78.6 Å². The van der Waals surface area contributed by atoms with Crippen molar-refractivity contribution in [3.8, 4) is 0 Å². The van der Waals surface area contributed by atoms with E-state index in [1.54, 1.807) is 6.92 Å². The van der Waals surface area contributed by atoms with Crippen LogP contribution in [0.3, 0.4) is 0 Å². The number of nitrogens with zero attached hydrogens (tertiary/aromatic N) is 1. The maximum absolute atomic E-state index is 12.3. The summed E-state index contributed by atoms with van der Waals surface area (Å²) in [6, 6.07) is 0.0116. The zero-order valence-electron chi connectivity index (χ0n) is 12.2. The standard InChI is InChI=1S/C14H27N3O2/c1-14(19,8-17(2)3)7-16-13(18)11-9-4-5-10(6-9)12(11)15/h9-12,19H,4-8,15H2,1-3H3,(H,16,18). The van der Waals surface area contributed by atoms with Crippen molar-refractivity contribution in [1.82, 2.24) is 10.2 Å². The van der Waals surface area contributed by atoms with Crippen LogP contribution >= 0.6 is 0 Å². The van der Waals surface area contributed by atoms with Crippen LogP contribution in [-0.4, -0.2) is 54.7 Å². The van der Waals surface area contributed by atoms with E-state index in [1.807, 2.05) is 19.0 Å². The van der Waals surface area contributed by atoms with E-state index < -0.39 is 5.60 Å². The second-order valence-corrected chi connectivity index (χ2v) is 6.89. The van der Waals surface area contributed by atoms with Crippen LogP contribution in [0.15, 0.2) is 0 Å². The molecule has 0 saturated heterocycles. The molecule has 0 aromatic rings. The minimum absolute atomic E-state index is 0.0116. The predicted octanol–water partition coefficient (Wildman–Crippen LogP) is -0.211. The third-order valence-electron chi connectivity index (χ3n) is 4.58. The van der Waals surface area contributed by atoms with Gasteiger partial charge in [-0.15, -0.1) is 0 Å². The molecule has 0 spiro atoms. The number of nitrogens with two attached hydrogens (primary N) is 1. The number of hydrogen-bond donors (Lipinski definition) is 3. The van der Waals surface area contributed by atoms with Gasteiger partial charge in [-0.2, -0.15) is 0 Å². The molecule has 110 valence electrons. The summed E-state index contributed by atoms with van der Waals surface area (Å²) in [5, 5.41) is 13.1. The smallest absolute Gasteiger partial charge is 0.225 e. The maximum Gasteiger partial charge on any atom is 0.225 e. The zero-order chi connectivity index (χ0) is 14.2. The fourth-order valence-corrected chi connectivity index (χ4v) is 3.86. The fraction of sp³-hybridized carbons (Fsp3) is 0.929. The molecule has 0 aromatic carbocycles. The van der Waals surface area contributed by atoms with Gasteiger partial charge in [-0.3, -0.25) is 4.79 Å². The lowest BCUT2D eigenvalue weighted by Gasteiger charge is -2.30. The lowest BCUT2D eigenvalue weighted by Crippen LogP contribution is -2.51. The van der Waals surface area contributed by atoms with Gasteiger partial charge in [-0.25, -0.2) is 0 Å². The average Bonchev–Trinajstić information content (AvgIpc) is 2.84. The van der Waals surface area contributed by atoms with E-state index in [2.05, 4.69) is 5.32 Å². The Bertz CT molecular complexity index is 342. The SMILES string of the molecule is CN(C)CC(C)(O)CNC(=O)C1C2CCC(C2)C1N. The van der Waals surface area contributed by atoms with Crippen molar-refractivity contribution in [1.29, 1.82) is 0 Å². The summed E-state index contributed by atoms with van der Waals surface area (Å²) in [5.41, 5.74) is 5.25. The number of likely N-dealkylation sites (N-methyl/N-ethyl adjacent to an activating group) is 1. The Morgan fingerprint density at radius 2 is 2.05 bits per heavy atom. The lowest BCUT2D eigenvalue weighted by molar-refractivity contribution is -0.128. The van der Waals surface area contributed by atoms with Crippen molar-refractivity contribution in [3.63, 3.8) is 0 Å². The van der Waals surface area contributed by atoms with Crippen molar-refractivity contribution < 1.29 is 9.90 Å². The molecule has 2 bridgehead atoms. The van der Waals surface area contributed by atoms with Gasteiger partial charge in [-0.05, 0) is 52.1 Å². The Kier molecular flexibility index (Phi) is 4.18.